The topological polar surface area (TPSA) is 53.2 Å². The second-order valence-electron chi connectivity index (χ2n) is 6.30. The van der Waals surface area contributed by atoms with Crippen molar-refractivity contribution in [2.75, 3.05) is 32.8 Å². The molecule has 2 N–H and O–H groups in total. The molecule has 3 heterocycles. The number of H-pyrrole nitrogens is 1. The van der Waals surface area contributed by atoms with Crippen molar-refractivity contribution in [1.29, 1.82) is 0 Å². The second-order valence-corrected chi connectivity index (χ2v) is 7.25. The third kappa shape index (κ3) is 3.83. The highest BCUT2D eigenvalue weighted by molar-refractivity contribution is 7.13. The van der Waals surface area contributed by atoms with Gasteiger partial charge in [-0.2, -0.15) is 5.10 Å². The maximum absolute atomic E-state index is 5.49. The van der Waals surface area contributed by atoms with Crippen molar-refractivity contribution < 1.29 is 4.74 Å². The van der Waals surface area contributed by atoms with E-state index in [9.17, 15) is 0 Å². The molecule has 0 aromatic carbocycles. The fraction of sp³-hybridized carbons (Fsp3) is 0.588. The van der Waals surface area contributed by atoms with Gasteiger partial charge in [0.15, 0.2) is 0 Å². The molecule has 0 unspecified atom stereocenters. The van der Waals surface area contributed by atoms with Crippen molar-refractivity contribution in [1.82, 2.24) is 20.4 Å². The van der Waals surface area contributed by atoms with Gasteiger partial charge in [-0.15, -0.1) is 11.3 Å². The van der Waals surface area contributed by atoms with Crippen molar-refractivity contribution in [2.45, 2.75) is 32.4 Å². The van der Waals surface area contributed by atoms with Gasteiger partial charge in [0.05, 0.1) is 30.0 Å². The average Bonchev–Trinajstić information content (AvgIpc) is 3.26. The number of aromatic amines is 1. The summed E-state index contributed by atoms with van der Waals surface area (Å²) in [7, 11) is 0. The minimum Gasteiger partial charge on any atom is -0.379 e. The highest BCUT2D eigenvalue weighted by Crippen LogP contribution is 2.26. The third-order valence-electron chi connectivity index (χ3n) is 4.84. The quantitative estimate of drug-likeness (QED) is 0.817. The first-order valence-electron chi connectivity index (χ1n) is 8.32. The predicted molar refractivity (Wildman–Crippen MR) is 94.7 cm³/mol. The maximum Gasteiger partial charge on any atom is 0.0794 e. The highest BCUT2D eigenvalue weighted by atomic mass is 32.1. The fourth-order valence-corrected chi connectivity index (χ4v) is 3.86. The lowest BCUT2D eigenvalue weighted by Gasteiger charge is -2.43. The number of aromatic nitrogens is 2. The summed E-state index contributed by atoms with van der Waals surface area (Å²) in [6, 6.07) is 4.20. The molecule has 0 aliphatic carbocycles. The Morgan fingerprint density at radius 1 is 1.43 bits per heavy atom. The van der Waals surface area contributed by atoms with Gasteiger partial charge in [-0.1, -0.05) is 13.0 Å². The van der Waals surface area contributed by atoms with Crippen LogP contribution in [0.3, 0.4) is 0 Å². The molecule has 5 nitrogen and oxygen atoms in total. The van der Waals surface area contributed by atoms with Crippen molar-refractivity contribution in [3.8, 4) is 10.6 Å². The molecule has 23 heavy (non-hydrogen) atoms. The lowest BCUT2D eigenvalue weighted by Crippen LogP contribution is -2.56. The highest BCUT2D eigenvalue weighted by Gasteiger charge is 2.30. The zero-order valence-electron chi connectivity index (χ0n) is 14.0. The van der Waals surface area contributed by atoms with Crippen LogP contribution >= 0.6 is 11.3 Å². The van der Waals surface area contributed by atoms with Gasteiger partial charge in [-0.25, -0.2) is 0 Å². The smallest absolute Gasteiger partial charge is 0.0794 e. The Morgan fingerprint density at radius 2 is 2.26 bits per heavy atom. The Hall–Kier alpha value is -1.21. The van der Waals surface area contributed by atoms with Gasteiger partial charge in [-0.3, -0.25) is 10.00 Å². The van der Waals surface area contributed by atoms with E-state index in [4.69, 9.17) is 4.74 Å². The van der Waals surface area contributed by atoms with Crippen LogP contribution in [-0.2, 0) is 11.3 Å². The predicted octanol–water partition coefficient (Wildman–Crippen LogP) is 2.73. The number of rotatable bonds is 7. The maximum atomic E-state index is 5.49. The van der Waals surface area contributed by atoms with E-state index >= 15 is 0 Å². The Bertz CT molecular complexity index is 592. The van der Waals surface area contributed by atoms with Crippen molar-refractivity contribution in [2.24, 2.45) is 0 Å². The summed E-state index contributed by atoms with van der Waals surface area (Å²) in [5.74, 6) is 0. The number of hydrogen-bond donors (Lipinski definition) is 2. The van der Waals surface area contributed by atoms with Gasteiger partial charge in [0, 0.05) is 37.3 Å². The summed E-state index contributed by atoms with van der Waals surface area (Å²) in [6.07, 6.45) is 3.06. The number of nitrogens with zero attached hydrogens (tertiary/aromatic N) is 2. The van der Waals surface area contributed by atoms with E-state index in [0.717, 1.165) is 51.5 Å². The minimum atomic E-state index is 0.177. The summed E-state index contributed by atoms with van der Waals surface area (Å²) >= 11 is 1.74. The van der Waals surface area contributed by atoms with E-state index < -0.39 is 0 Å². The summed E-state index contributed by atoms with van der Waals surface area (Å²) in [6.45, 7) is 10.2. The number of thiophene rings is 1. The Balaban J connectivity index is 1.59. The fourth-order valence-electron chi connectivity index (χ4n) is 3.11. The zero-order chi connectivity index (χ0) is 16.1. The number of nitrogens with one attached hydrogen (secondary N) is 2. The number of ether oxygens (including phenoxy) is 1. The summed E-state index contributed by atoms with van der Waals surface area (Å²) in [4.78, 5) is 3.80. The van der Waals surface area contributed by atoms with Crippen LogP contribution in [0, 0.1) is 0 Å². The van der Waals surface area contributed by atoms with E-state index in [1.807, 2.05) is 6.20 Å². The summed E-state index contributed by atoms with van der Waals surface area (Å²) in [5, 5.41) is 13.1. The van der Waals surface area contributed by atoms with Crippen LogP contribution in [0.2, 0.25) is 0 Å². The molecule has 1 atom stereocenters. The first kappa shape index (κ1) is 16.6. The van der Waals surface area contributed by atoms with Crippen molar-refractivity contribution in [3.05, 3.63) is 29.3 Å². The molecule has 0 bridgehead atoms. The lowest BCUT2D eigenvalue weighted by molar-refractivity contribution is -0.0175. The molecule has 1 aliphatic heterocycles. The van der Waals surface area contributed by atoms with Gasteiger partial charge < -0.3 is 10.1 Å². The van der Waals surface area contributed by atoms with E-state index in [1.165, 1.54) is 10.4 Å². The van der Waals surface area contributed by atoms with E-state index in [0.29, 0.717) is 0 Å². The molecule has 2 aromatic heterocycles. The van der Waals surface area contributed by atoms with Crippen LogP contribution < -0.4 is 5.32 Å². The molecule has 2 aromatic rings. The monoisotopic (exact) mass is 334 g/mol. The molecule has 0 saturated carbocycles. The van der Waals surface area contributed by atoms with Crippen LogP contribution in [0.25, 0.3) is 10.6 Å². The molecule has 0 amide bonds. The molecule has 1 saturated heterocycles. The largest absolute Gasteiger partial charge is 0.379 e. The molecule has 1 aliphatic rings. The average molecular weight is 334 g/mol. The van der Waals surface area contributed by atoms with E-state index in [2.05, 4.69) is 51.8 Å². The Labute approximate surface area is 142 Å². The third-order valence-corrected chi connectivity index (χ3v) is 5.73. The first-order valence-corrected chi connectivity index (χ1v) is 9.20. The first-order chi connectivity index (χ1) is 11.2. The molecule has 126 valence electrons. The minimum absolute atomic E-state index is 0.177. The molecule has 6 heteroatoms. The van der Waals surface area contributed by atoms with Crippen LogP contribution in [-0.4, -0.2) is 53.5 Å². The van der Waals surface area contributed by atoms with Gasteiger partial charge in [0.25, 0.3) is 0 Å². The SMILES string of the molecule is CC[C@](C)(CNCc1cn[nH]c1-c1cccs1)N1CCOCC1. The number of morpholine rings is 1. The molecule has 0 radical (unpaired) electrons. The van der Waals surface area contributed by atoms with E-state index in [-0.39, 0.29) is 5.54 Å². The normalized spacial score (nSPS) is 18.9. The molecule has 0 spiro atoms. The van der Waals surface area contributed by atoms with Crippen LogP contribution in [0.5, 0.6) is 0 Å². The number of hydrogen-bond acceptors (Lipinski definition) is 5. The van der Waals surface area contributed by atoms with Gasteiger partial charge in [0.2, 0.25) is 0 Å². The van der Waals surface area contributed by atoms with Crippen molar-refractivity contribution >= 4 is 11.3 Å². The van der Waals surface area contributed by atoms with Gasteiger partial charge in [0.1, 0.15) is 0 Å². The Morgan fingerprint density at radius 3 is 2.96 bits per heavy atom. The molecular weight excluding hydrogens is 308 g/mol. The summed E-state index contributed by atoms with van der Waals surface area (Å²) < 4.78 is 5.49. The van der Waals surface area contributed by atoms with E-state index in [1.54, 1.807) is 11.3 Å². The zero-order valence-corrected chi connectivity index (χ0v) is 14.8. The van der Waals surface area contributed by atoms with Crippen molar-refractivity contribution in [3.63, 3.8) is 0 Å². The lowest BCUT2D eigenvalue weighted by atomic mass is 9.95. The van der Waals surface area contributed by atoms with Gasteiger partial charge >= 0.3 is 0 Å². The second kappa shape index (κ2) is 7.57. The molecule has 1 fully saturated rings. The van der Waals surface area contributed by atoms with Crippen LogP contribution in [0.4, 0.5) is 0 Å². The molecule has 3 rings (SSSR count). The van der Waals surface area contributed by atoms with Gasteiger partial charge in [-0.05, 0) is 24.8 Å². The standard InChI is InChI=1S/C17H26N4OS/c1-3-17(2,21-6-8-22-9-7-21)13-18-11-14-12-19-20-16(14)15-5-4-10-23-15/h4-5,10,12,18H,3,6-9,11,13H2,1-2H3,(H,19,20)/t17-/m1/s1. The van der Waals surface area contributed by atoms with Crippen LogP contribution in [0.15, 0.2) is 23.7 Å². The summed E-state index contributed by atoms with van der Waals surface area (Å²) in [5.41, 5.74) is 2.54. The Kier molecular flexibility index (Phi) is 5.48. The van der Waals surface area contributed by atoms with Crippen LogP contribution in [0.1, 0.15) is 25.8 Å². The molecular formula is C17H26N4OS.